The molecular weight excluding hydrogens is 352 g/mol. The molecule has 0 saturated carbocycles. The van der Waals surface area contributed by atoms with Crippen LogP contribution >= 0.6 is 0 Å². The van der Waals surface area contributed by atoms with Crippen molar-refractivity contribution in [2.24, 2.45) is 0 Å². The molecule has 2 N–H and O–H groups in total. The molecule has 0 aliphatic heterocycles. The number of benzene rings is 2. The Morgan fingerprint density at radius 2 is 1.79 bits per heavy atom. The van der Waals surface area contributed by atoms with Gasteiger partial charge in [-0.3, -0.25) is 4.79 Å². The Labute approximate surface area is 165 Å². The van der Waals surface area contributed by atoms with Gasteiger partial charge in [0, 0.05) is 17.6 Å². The van der Waals surface area contributed by atoms with Crippen molar-refractivity contribution in [3.63, 3.8) is 0 Å². The summed E-state index contributed by atoms with van der Waals surface area (Å²) in [6, 6.07) is 14.9. The minimum Gasteiger partial charge on any atom is -0.491 e. The largest absolute Gasteiger partial charge is 0.491 e. The highest BCUT2D eigenvalue weighted by atomic mass is 16.5. The molecule has 3 aromatic rings. The molecular formula is C22H24N4O2. The lowest BCUT2D eigenvalue weighted by atomic mass is 10.1. The summed E-state index contributed by atoms with van der Waals surface area (Å²) in [4.78, 5) is 21.1. The summed E-state index contributed by atoms with van der Waals surface area (Å²) >= 11 is 0. The third kappa shape index (κ3) is 5.07. The molecule has 6 heteroatoms. The summed E-state index contributed by atoms with van der Waals surface area (Å²) in [6.45, 7) is 7.99. The monoisotopic (exact) mass is 376 g/mol. The Balaban J connectivity index is 1.69. The second kappa shape index (κ2) is 8.52. The van der Waals surface area contributed by atoms with E-state index in [1.165, 1.54) is 5.56 Å². The highest BCUT2D eigenvalue weighted by molar-refractivity contribution is 6.03. The minimum atomic E-state index is -0.302. The van der Waals surface area contributed by atoms with E-state index in [0.29, 0.717) is 11.6 Å². The zero-order valence-corrected chi connectivity index (χ0v) is 16.5. The summed E-state index contributed by atoms with van der Waals surface area (Å²) in [5.74, 6) is 0.832. The number of nitrogens with zero attached hydrogens (tertiary/aromatic N) is 2. The first-order chi connectivity index (χ1) is 13.4. The van der Waals surface area contributed by atoms with Gasteiger partial charge < -0.3 is 15.4 Å². The fraction of sp³-hybridized carbons (Fsp3) is 0.227. The third-order valence-corrected chi connectivity index (χ3v) is 4.00. The number of rotatable bonds is 6. The SMILES string of the molecule is Cc1ccc(Nc2nccc(C(=O)Nc3ccc(OC(C)C)cc3)n2)c(C)c1. The van der Waals surface area contributed by atoms with E-state index in [1.807, 2.05) is 52.0 Å². The third-order valence-electron chi connectivity index (χ3n) is 4.00. The number of aryl methyl sites for hydroxylation is 2. The topological polar surface area (TPSA) is 76.1 Å². The summed E-state index contributed by atoms with van der Waals surface area (Å²) in [6.07, 6.45) is 1.66. The summed E-state index contributed by atoms with van der Waals surface area (Å²) in [7, 11) is 0. The number of aromatic nitrogens is 2. The van der Waals surface area contributed by atoms with Gasteiger partial charge in [0.05, 0.1) is 6.10 Å². The molecule has 6 nitrogen and oxygen atoms in total. The molecule has 0 atom stereocenters. The molecule has 3 rings (SSSR count). The molecule has 1 heterocycles. The van der Waals surface area contributed by atoms with Crippen LogP contribution in [0.3, 0.4) is 0 Å². The van der Waals surface area contributed by atoms with Crippen molar-refractivity contribution in [3.8, 4) is 5.75 Å². The van der Waals surface area contributed by atoms with Gasteiger partial charge in [0.2, 0.25) is 5.95 Å². The van der Waals surface area contributed by atoms with Gasteiger partial charge >= 0.3 is 0 Å². The van der Waals surface area contributed by atoms with E-state index in [9.17, 15) is 4.79 Å². The Kier molecular flexibility index (Phi) is 5.89. The maximum atomic E-state index is 12.5. The van der Waals surface area contributed by atoms with Gasteiger partial charge in [-0.15, -0.1) is 0 Å². The Morgan fingerprint density at radius 3 is 2.46 bits per heavy atom. The van der Waals surface area contributed by atoms with Gasteiger partial charge in [0.15, 0.2) is 0 Å². The molecule has 0 radical (unpaired) electrons. The van der Waals surface area contributed by atoms with E-state index < -0.39 is 0 Å². The Bertz CT molecular complexity index is 969. The van der Waals surface area contributed by atoms with Crippen LogP contribution in [0.25, 0.3) is 0 Å². The average Bonchev–Trinajstić information content (AvgIpc) is 2.65. The van der Waals surface area contributed by atoms with Crippen LogP contribution in [0.5, 0.6) is 5.75 Å². The summed E-state index contributed by atoms with van der Waals surface area (Å²) in [5.41, 5.74) is 4.13. The molecule has 0 bridgehead atoms. The molecule has 0 fully saturated rings. The quantitative estimate of drug-likeness (QED) is 0.641. The zero-order valence-electron chi connectivity index (χ0n) is 16.5. The van der Waals surface area contributed by atoms with Crippen LogP contribution in [0.15, 0.2) is 54.7 Å². The van der Waals surface area contributed by atoms with Gasteiger partial charge in [0.1, 0.15) is 11.4 Å². The first-order valence-corrected chi connectivity index (χ1v) is 9.16. The number of ether oxygens (including phenoxy) is 1. The number of carbonyl (C=O) groups excluding carboxylic acids is 1. The van der Waals surface area contributed by atoms with Gasteiger partial charge in [-0.05, 0) is 69.7 Å². The van der Waals surface area contributed by atoms with Crippen molar-refractivity contribution in [1.29, 1.82) is 0 Å². The summed E-state index contributed by atoms with van der Waals surface area (Å²) < 4.78 is 5.61. The average molecular weight is 376 g/mol. The van der Waals surface area contributed by atoms with Crippen molar-refractivity contribution in [2.75, 3.05) is 10.6 Å². The summed E-state index contributed by atoms with van der Waals surface area (Å²) in [5, 5.41) is 6.00. The zero-order chi connectivity index (χ0) is 20.1. The van der Waals surface area contributed by atoms with Crippen molar-refractivity contribution < 1.29 is 9.53 Å². The number of nitrogens with one attached hydrogen (secondary N) is 2. The molecule has 28 heavy (non-hydrogen) atoms. The molecule has 2 aromatic carbocycles. The molecule has 1 amide bonds. The molecule has 0 aliphatic carbocycles. The van der Waals surface area contributed by atoms with Gasteiger partial charge in [-0.25, -0.2) is 9.97 Å². The van der Waals surface area contributed by atoms with E-state index in [0.717, 1.165) is 17.0 Å². The van der Waals surface area contributed by atoms with Crippen molar-refractivity contribution in [3.05, 3.63) is 71.5 Å². The molecule has 0 spiro atoms. The number of carbonyl (C=O) groups is 1. The van der Waals surface area contributed by atoms with Crippen LogP contribution in [-0.2, 0) is 0 Å². The predicted octanol–water partition coefficient (Wildman–Crippen LogP) is 4.88. The lowest BCUT2D eigenvalue weighted by Crippen LogP contribution is -2.15. The minimum absolute atomic E-state index is 0.101. The smallest absolute Gasteiger partial charge is 0.274 e. The van der Waals surface area contributed by atoms with Crippen LogP contribution in [-0.4, -0.2) is 22.0 Å². The first kappa shape index (κ1) is 19.4. The molecule has 1 aromatic heterocycles. The molecule has 0 aliphatic rings. The second-order valence-electron chi connectivity index (χ2n) is 6.85. The standard InChI is InChI=1S/C22H24N4O2/c1-14(2)28-18-8-6-17(7-9-18)24-21(27)20-11-12-23-22(26-20)25-19-10-5-15(3)13-16(19)4/h5-14H,1-4H3,(H,24,27)(H,23,25,26). The number of amides is 1. The van der Waals surface area contributed by atoms with E-state index in [-0.39, 0.29) is 17.7 Å². The second-order valence-corrected chi connectivity index (χ2v) is 6.85. The van der Waals surface area contributed by atoms with Crippen LogP contribution in [0.4, 0.5) is 17.3 Å². The number of anilines is 3. The Hall–Kier alpha value is -3.41. The molecule has 144 valence electrons. The number of hydrogen-bond donors (Lipinski definition) is 2. The maximum absolute atomic E-state index is 12.5. The van der Waals surface area contributed by atoms with Crippen LogP contribution in [0.2, 0.25) is 0 Å². The van der Waals surface area contributed by atoms with E-state index in [2.05, 4.69) is 26.7 Å². The first-order valence-electron chi connectivity index (χ1n) is 9.16. The fourth-order valence-corrected chi connectivity index (χ4v) is 2.70. The lowest BCUT2D eigenvalue weighted by molar-refractivity contribution is 0.102. The van der Waals surface area contributed by atoms with E-state index in [4.69, 9.17) is 4.74 Å². The van der Waals surface area contributed by atoms with E-state index in [1.54, 1.807) is 24.4 Å². The number of hydrogen-bond acceptors (Lipinski definition) is 5. The Morgan fingerprint density at radius 1 is 1.04 bits per heavy atom. The van der Waals surface area contributed by atoms with Crippen LogP contribution < -0.4 is 15.4 Å². The van der Waals surface area contributed by atoms with Crippen LogP contribution in [0.1, 0.15) is 35.5 Å². The molecule has 0 saturated heterocycles. The fourth-order valence-electron chi connectivity index (χ4n) is 2.70. The lowest BCUT2D eigenvalue weighted by Gasteiger charge is -2.11. The predicted molar refractivity (Wildman–Crippen MR) is 111 cm³/mol. The highest BCUT2D eigenvalue weighted by Crippen LogP contribution is 2.20. The van der Waals surface area contributed by atoms with Crippen LogP contribution in [0, 0.1) is 13.8 Å². The van der Waals surface area contributed by atoms with E-state index >= 15 is 0 Å². The van der Waals surface area contributed by atoms with Crippen molar-refractivity contribution in [1.82, 2.24) is 9.97 Å². The van der Waals surface area contributed by atoms with Gasteiger partial charge in [0.25, 0.3) is 5.91 Å². The normalized spacial score (nSPS) is 10.6. The van der Waals surface area contributed by atoms with Gasteiger partial charge in [-0.2, -0.15) is 0 Å². The molecule has 0 unspecified atom stereocenters. The van der Waals surface area contributed by atoms with Crippen molar-refractivity contribution >= 4 is 23.2 Å². The maximum Gasteiger partial charge on any atom is 0.274 e. The van der Waals surface area contributed by atoms with Crippen molar-refractivity contribution in [2.45, 2.75) is 33.8 Å². The van der Waals surface area contributed by atoms with Gasteiger partial charge in [-0.1, -0.05) is 17.7 Å². The highest BCUT2D eigenvalue weighted by Gasteiger charge is 2.10.